The SMILES string of the molecule is S=c1nc(-c2cccc(Cl)c2Cl)[nH][nH]1. The number of aromatic amines is 2. The quantitative estimate of drug-likeness (QED) is 0.757. The normalized spacial score (nSPS) is 10.4. The molecule has 2 N–H and O–H groups in total. The molecule has 0 aliphatic carbocycles. The second kappa shape index (κ2) is 3.73. The summed E-state index contributed by atoms with van der Waals surface area (Å²) in [5.74, 6) is 0.586. The van der Waals surface area contributed by atoms with Crippen LogP contribution < -0.4 is 0 Å². The van der Waals surface area contributed by atoms with Crippen LogP contribution in [0, 0.1) is 4.77 Å². The molecule has 0 amide bonds. The topological polar surface area (TPSA) is 44.5 Å². The van der Waals surface area contributed by atoms with E-state index in [0.29, 0.717) is 20.6 Å². The van der Waals surface area contributed by atoms with Gasteiger partial charge in [0, 0.05) is 5.56 Å². The molecule has 0 spiro atoms. The van der Waals surface area contributed by atoms with Crippen molar-refractivity contribution in [2.75, 3.05) is 0 Å². The second-order valence-corrected chi connectivity index (χ2v) is 3.79. The summed E-state index contributed by atoms with van der Waals surface area (Å²) in [6.45, 7) is 0. The van der Waals surface area contributed by atoms with E-state index in [9.17, 15) is 0 Å². The Morgan fingerprint density at radius 3 is 2.64 bits per heavy atom. The van der Waals surface area contributed by atoms with E-state index >= 15 is 0 Å². The number of benzene rings is 1. The molecule has 0 saturated heterocycles. The van der Waals surface area contributed by atoms with E-state index < -0.39 is 0 Å². The third-order valence-electron chi connectivity index (χ3n) is 1.71. The van der Waals surface area contributed by atoms with Crippen LogP contribution >= 0.6 is 35.4 Å². The molecule has 0 radical (unpaired) electrons. The Hall–Kier alpha value is -0.840. The lowest BCUT2D eigenvalue weighted by atomic mass is 10.2. The van der Waals surface area contributed by atoms with Crippen molar-refractivity contribution < 1.29 is 0 Å². The predicted molar refractivity (Wildman–Crippen MR) is 59.2 cm³/mol. The highest BCUT2D eigenvalue weighted by Crippen LogP contribution is 2.31. The lowest BCUT2D eigenvalue weighted by Gasteiger charge is -2.00. The van der Waals surface area contributed by atoms with Gasteiger partial charge in [-0.25, -0.2) is 0 Å². The summed E-state index contributed by atoms with van der Waals surface area (Å²) in [6.07, 6.45) is 0. The zero-order valence-electron chi connectivity index (χ0n) is 6.84. The average Bonchev–Trinajstić information content (AvgIpc) is 2.57. The van der Waals surface area contributed by atoms with Crippen molar-refractivity contribution in [1.29, 1.82) is 0 Å². The van der Waals surface area contributed by atoms with E-state index in [1.54, 1.807) is 12.1 Å². The molecule has 1 aromatic carbocycles. The summed E-state index contributed by atoms with van der Waals surface area (Å²) in [5.41, 5.74) is 0.728. The van der Waals surface area contributed by atoms with Gasteiger partial charge < -0.3 is 0 Å². The number of hydrogen-bond acceptors (Lipinski definition) is 2. The van der Waals surface area contributed by atoms with E-state index in [0.717, 1.165) is 5.56 Å². The summed E-state index contributed by atoms with van der Waals surface area (Å²) < 4.78 is 0.385. The molecule has 6 heteroatoms. The first-order chi connectivity index (χ1) is 6.68. The summed E-state index contributed by atoms with van der Waals surface area (Å²) in [7, 11) is 0. The first-order valence-corrected chi connectivity index (χ1v) is 4.94. The summed E-state index contributed by atoms with van der Waals surface area (Å²) in [5, 5.41) is 6.45. The first-order valence-electron chi connectivity index (χ1n) is 3.77. The maximum absolute atomic E-state index is 6.00. The first kappa shape index (κ1) is 9.71. The molecule has 1 aromatic heterocycles. The van der Waals surface area contributed by atoms with Crippen LogP contribution in [0.25, 0.3) is 11.4 Å². The highest BCUT2D eigenvalue weighted by Gasteiger charge is 2.08. The number of rotatable bonds is 1. The van der Waals surface area contributed by atoms with Crippen LogP contribution in [-0.4, -0.2) is 15.2 Å². The minimum atomic E-state index is 0.385. The van der Waals surface area contributed by atoms with Crippen molar-refractivity contribution in [3.8, 4) is 11.4 Å². The molecule has 0 aliphatic rings. The molecular formula is C8H5Cl2N3S. The van der Waals surface area contributed by atoms with Crippen LogP contribution in [0.1, 0.15) is 0 Å². The van der Waals surface area contributed by atoms with Gasteiger partial charge >= 0.3 is 0 Å². The van der Waals surface area contributed by atoms with Gasteiger partial charge in [-0.05, 0) is 24.4 Å². The Morgan fingerprint density at radius 1 is 1.21 bits per heavy atom. The fourth-order valence-electron chi connectivity index (χ4n) is 1.08. The standard InChI is InChI=1S/C8H5Cl2N3S/c9-5-3-1-2-4(6(5)10)7-11-8(14)13-12-7/h1-3H,(H2,11,12,13,14). The lowest BCUT2D eigenvalue weighted by Crippen LogP contribution is -1.82. The Morgan fingerprint density at radius 2 is 2.00 bits per heavy atom. The zero-order valence-corrected chi connectivity index (χ0v) is 9.17. The summed E-state index contributed by atoms with van der Waals surface area (Å²) in [6, 6.07) is 5.33. The molecule has 0 bridgehead atoms. The maximum atomic E-state index is 6.00. The molecule has 1 heterocycles. The van der Waals surface area contributed by atoms with Crippen LogP contribution in [0.5, 0.6) is 0 Å². The monoisotopic (exact) mass is 245 g/mol. The molecule has 2 aromatic rings. The molecule has 0 unspecified atom stereocenters. The van der Waals surface area contributed by atoms with Crippen LogP contribution in [0.15, 0.2) is 18.2 Å². The number of nitrogens with one attached hydrogen (secondary N) is 2. The molecule has 72 valence electrons. The van der Waals surface area contributed by atoms with Crippen LogP contribution in [0.2, 0.25) is 10.0 Å². The van der Waals surface area contributed by atoms with Gasteiger partial charge in [0.15, 0.2) is 5.82 Å². The third-order valence-corrected chi connectivity index (χ3v) is 2.72. The van der Waals surface area contributed by atoms with Crippen molar-refractivity contribution in [2.45, 2.75) is 0 Å². The highest BCUT2D eigenvalue weighted by molar-refractivity contribution is 7.71. The van der Waals surface area contributed by atoms with E-state index in [1.807, 2.05) is 6.07 Å². The van der Waals surface area contributed by atoms with Crippen LogP contribution in [0.3, 0.4) is 0 Å². The molecule has 0 saturated carbocycles. The molecular weight excluding hydrogens is 241 g/mol. The second-order valence-electron chi connectivity index (χ2n) is 2.62. The van der Waals surface area contributed by atoms with Gasteiger partial charge in [-0.15, -0.1) is 0 Å². The largest absolute Gasteiger partial charge is 0.282 e. The van der Waals surface area contributed by atoms with E-state index in [2.05, 4.69) is 15.2 Å². The molecule has 14 heavy (non-hydrogen) atoms. The minimum Gasteiger partial charge on any atom is -0.282 e. The smallest absolute Gasteiger partial charge is 0.213 e. The summed E-state index contributed by atoms with van der Waals surface area (Å²) >= 11 is 16.7. The van der Waals surface area contributed by atoms with Gasteiger partial charge in [0.05, 0.1) is 10.0 Å². The number of nitrogens with zero attached hydrogens (tertiary/aromatic N) is 1. The van der Waals surface area contributed by atoms with Gasteiger partial charge in [-0.3, -0.25) is 10.2 Å². The fourth-order valence-corrected chi connectivity index (χ4v) is 1.62. The Labute approximate surface area is 95.1 Å². The average molecular weight is 246 g/mol. The van der Waals surface area contributed by atoms with E-state index in [-0.39, 0.29) is 0 Å². The predicted octanol–water partition coefficient (Wildman–Crippen LogP) is 3.44. The van der Waals surface area contributed by atoms with Crippen LogP contribution in [-0.2, 0) is 0 Å². The number of aromatic nitrogens is 3. The Bertz CT molecular complexity index is 517. The number of H-pyrrole nitrogens is 2. The van der Waals surface area contributed by atoms with Crippen molar-refractivity contribution in [2.24, 2.45) is 0 Å². The van der Waals surface area contributed by atoms with Crippen molar-refractivity contribution in [3.05, 3.63) is 33.0 Å². The van der Waals surface area contributed by atoms with Gasteiger partial charge in [0.25, 0.3) is 0 Å². The summed E-state index contributed by atoms with van der Waals surface area (Å²) in [4.78, 5) is 4.04. The Kier molecular flexibility index (Phi) is 2.58. The molecule has 2 rings (SSSR count). The molecule has 0 aliphatic heterocycles. The number of halogens is 2. The zero-order chi connectivity index (χ0) is 10.1. The molecule has 0 atom stereocenters. The van der Waals surface area contributed by atoms with Crippen molar-refractivity contribution in [3.63, 3.8) is 0 Å². The number of hydrogen-bond donors (Lipinski definition) is 2. The Balaban J connectivity index is 2.62. The van der Waals surface area contributed by atoms with Crippen molar-refractivity contribution >= 4 is 35.4 Å². The highest BCUT2D eigenvalue weighted by atomic mass is 35.5. The van der Waals surface area contributed by atoms with E-state index in [4.69, 9.17) is 35.4 Å². The van der Waals surface area contributed by atoms with E-state index in [1.165, 1.54) is 0 Å². The minimum absolute atomic E-state index is 0.385. The third kappa shape index (κ3) is 1.68. The van der Waals surface area contributed by atoms with Crippen LogP contribution in [0.4, 0.5) is 0 Å². The van der Waals surface area contributed by atoms with Gasteiger partial charge in [0.1, 0.15) is 0 Å². The lowest BCUT2D eigenvalue weighted by molar-refractivity contribution is 1.08. The van der Waals surface area contributed by atoms with Gasteiger partial charge in [-0.2, -0.15) is 4.98 Å². The van der Waals surface area contributed by atoms with Crippen molar-refractivity contribution in [1.82, 2.24) is 15.2 Å². The fraction of sp³-hybridized carbons (Fsp3) is 0. The van der Waals surface area contributed by atoms with Gasteiger partial charge in [0.2, 0.25) is 4.77 Å². The molecule has 0 fully saturated rings. The maximum Gasteiger partial charge on any atom is 0.213 e. The molecule has 3 nitrogen and oxygen atoms in total. The van der Waals surface area contributed by atoms with Gasteiger partial charge in [-0.1, -0.05) is 29.3 Å².